The molecule has 0 saturated carbocycles. The average molecular weight is 398 g/mol. The van der Waals surface area contributed by atoms with Gasteiger partial charge in [0.15, 0.2) is 0 Å². The van der Waals surface area contributed by atoms with Crippen molar-refractivity contribution in [1.82, 2.24) is 0 Å². The third kappa shape index (κ3) is 12.7. The summed E-state index contributed by atoms with van der Waals surface area (Å²) in [4.78, 5) is 0. The molecule has 0 radical (unpaired) electrons. The predicted octanol–water partition coefficient (Wildman–Crippen LogP) is 2.19. The summed E-state index contributed by atoms with van der Waals surface area (Å²) in [5.41, 5.74) is 0. The number of halogens is 3. The van der Waals surface area contributed by atoms with Gasteiger partial charge in [-0.25, -0.2) is 0 Å². The monoisotopic (exact) mass is 394 g/mol. The van der Waals surface area contributed by atoms with Crippen molar-refractivity contribution in [2.75, 3.05) is 26.4 Å². The molecule has 10 heavy (non-hydrogen) atoms. The summed E-state index contributed by atoms with van der Waals surface area (Å²) in [5, 5.41) is 0. The fraction of sp³-hybridized carbons (Fsp3) is 1.00. The Morgan fingerprint density at radius 2 is 1.00 bits per heavy atom. The molecule has 0 unspecified atom stereocenters. The molecule has 1 rings (SSSR count). The van der Waals surface area contributed by atoms with Crippen LogP contribution in [0.4, 0.5) is 0 Å². The fourth-order valence-corrected chi connectivity index (χ4v) is 0.440. The predicted molar refractivity (Wildman–Crippen MR) is 54.2 cm³/mol. The van der Waals surface area contributed by atoms with Crippen LogP contribution in [-0.2, 0) is 9.47 Å². The molecule has 1 aliphatic heterocycles. The van der Waals surface area contributed by atoms with Crippen LogP contribution in [0.5, 0.6) is 0 Å². The molecular weight excluding hydrogens is 389 g/mol. The Balaban J connectivity index is 0.000000180. The second kappa shape index (κ2) is 9.09. The minimum absolute atomic E-state index is 0.778. The summed E-state index contributed by atoms with van der Waals surface area (Å²) in [6, 6.07) is 0. The summed E-state index contributed by atoms with van der Waals surface area (Å²) in [6.07, 6.45) is 0. The van der Waals surface area contributed by atoms with Gasteiger partial charge in [-0.2, -0.15) is 0 Å². The molecule has 1 saturated heterocycles. The van der Waals surface area contributed by atoms with E-state index in [1.165, 1.54) is 0 Å². The molecule has 1 heterocycles. The fourth-order valence-electron chi connectivity index (χ4n) is 0.440. The molecule has 1 aliphatic rings. The van der Waals surface area contributed by atoms with Crippen molar-refractivity contribution >= 4 is 51.0 Å². The van der Waals surface area contributed by atoms with Crippen LogP contribution in [0, 0.1) is 0 Å². The summed E-state index contributed by atoms with van der Waals surface area (Å²) >= 11 is 9.88. The maximum atomic E-state index is 4.94. The molecule has 0 aromatic carbocycles. The van der Waals surface area contributed by atoms with Gasteiger partial charge in [-0.05, 0) is 0 Å². The minimum atomic E-state index is -1.04. The molecule has 0 N–H and O–H groups in total. The molecule has 0 bridgehead atoms. The second-order valence-electron chi connectivity index (χ2n) is 1.47. The first-order valence-corrected chi connectivity index (χ1v) is 19.8. The van der Waals surface area contributed by atoms with Crippen LogP contribution < -0.4 is 0 Å². The van der Waals surface area contributed by atoms with Crippen molar-refractivity contribution in [3.05, 3.63) is 0 Å². The Morgan fingerprint density at radius 3 is 1.10 bits per heavy atom. The molecule has 0 aromatic rings. The Morgan fingerprint density at radius 1 is 0.800 bits per heavy atom. The zero-order valence-electron chi connectivity index (χ0n) is 5.36. The molecule has 0 aliphatic carbocycles. The number of hydrogen-bond acceptors (Lipinski definition) is 2. The molecule has 6 heteroatoms. The Kier molecular flexibility index (Phi) is 10.9. The van der Waals surface area contributed by atoms with Crippen LogP contribution in [0.25, 0.3) is 0 Å². The van der Waals surface area contributed by atoms with Gasteiger partial charge >= 0.3 is 51.0 Å². The van der Waals surface area contributed by atoms with Gasteiger partial charge in [0, 0.05) is 0 Å². The van der Waals surface area contributed by atoms with E-state index in [2.05, 4.69) is 40.7 Å². The van der Waals surface area contributed by atoms with Crippen LogP contribution in [0.15, 0.2) is 0 Å². The first-order valence-electron chi connectivity index (χ1n) is 2.81. The van der Waals surface area contributed by atoms with Gasteiger partial charge in [-0.15, -0.1) is 0 Å². The zero-order valence-corrected chi connectivity index (χ0v) is 12.5. The van der Waals surface area contributed by atoms with Crippen LogP contribution in [0.3, 0.4) is 0 Å². The van der Waals surface area contributed by atoms with Crippen LogP contribution >= 0.6 is 40.7 Å². The normalized spacial score (nSPS) is 17.1. The van der Waals surface area contributed by atoms with Gasteiger partial charge in [0.2, 0.25) is 0 Å². The third-order valence-electron chi connectivity index (χ3n) is 0.744. The van der Waals surface area contributed by atoms with E-state index in [0.29, 0.717) is 0 Å². The van der Waals surface area contributed by atoms with E-state index in [1.807, 2.05) is 0 Å². The van der Waals surface area contributed by atoms with E-state index in [4.69, 9.17) is 9.47 Å². The summed E-state index contributed by atoms with van der Waals surface area (Å²) < 4.78 is 9.89. The third-order valence-corrected chi connectivity index (χ3v) is 0.744. The van der Waals surface area contributed by atoms with Crippen LogP contribution in [-0.4, -0.2) is 36.7 Å². The van der Waals surface area contributed by atoms with Gasteiger partial charge in [0.25, 0.3) is 0 Å². The van der Waals surface area contributed by atoms with Gasteiger partial charge in [0.1, 0.15) is 0 Å². The van der Waals surface area contributed by atoms with E-state index < -0.39 is 10.3 Å². The van der Waals surface area contributed by atoms with E-state index in [1.54, 1.807) is 0 Å². The zero-order chi connectivity index (χ0) is 7.82. The van der Waals surface area contributed by atoms with Gasteiger partial charge < -0.3 is 9.47 Å². The van der Waals surface area contributed by atoms with Crippen molar-refractivity contribution in [3.8, 4) is 0 Å². The molecule has 0 amide bonds. The standard InChI is InChI=1S/C4H8O2.3BrH.Ga/c1-2-6-4-3-5-1;;;;/h1-4H2;3*1H;/q;;;;+3/p-3. The van der Waals surface area contributed by atoms with Gasteiger partial charge in [-0.3, -0.25) is 0 Å². The molecule has 60 valence electrons. The number of rotatable bonds is 0. The molecule has 1 fully saturated rings. The van der Waals surface area contributed by atoms with E-state index >= 15 is 0 Å². The van der Waals surface area contributed by atoms with Crippen molar-refractivity contribution in [1.29, 1.82) is 0 Å². The van der Waals surface area contributed by atoms with Crippen LogP contribution in [0.1, 0.15) is 0 Å². The SMILES string of the molecule is C1COCCO1.[Br][Ga]([Br])[Br]. The van der Waals surface area contributed by atoms with Crippen molar-refractivity contribution in [2.24, 2.45) is 0 Å². The quantitative estimate of drug-likeness (QED) is 0.584. The number of ether oxygens (including phenoxy) is 2. The summed E-state index contributed by atoms with van der Waals surface area (Å²) in [7, 11) is -1.04. The topological polar surface area (TPSA) is 18.5 Å². The van der Waals surface area contributed by atoms with E-state index in [9.17, 15) is 0 Å². The van der Waals surface area contributed by atoms with E-state index in [0.717, 1.165) is 26.4 Å². The summed E-state index contributed by atoms with van der Waals surface area (Å²) in [5.74, 6) is 0. The van der Waals surface area contributed by atoms with Crippen molar-refractivity contribution in [2.45, 2.75) is 0 Å². The van der Waals surface area contributed by atoms with Crippen LogP contribution in [0.2, 0.25) is 0 Å². The Labute approximate surface area is 86.0 Å². The van der Waals surface area contributed by atoms with Gasteiger partial charge in [-0.1, -0.05) is 0 Å². The van der Waals surface area contributed by atoms with Gasteiger partial charge in [0.05, 0.1) is 26.4 Å². The Bertz CT molecular complexity index is 55.3. The second-order valence-corrected chi connectivity index (χ2v) is 35.9. The van der Waals surface area contributed by atoms with E-state index in [-0.39, 0.29) is 0 Å². The molecule has 2 nitrogen and oxygen atoms in total. The molecule has 0 aromatic heterocycles. The molecule has 0 atom stereocenters. The molecule has 0 spiro atoms. The summed E-state index contributed by atoms with van der Waals surface area (Å²) in [6.45, 7) is 3.11. The maximum absolute atomic E-state index is 4.94. The Hall–Kier alpha value is 2.00. The molecular formula is C4H8Br3GaO2. The first-order chi connectivity index (χ1) is 4.73. The van der Waals surface area contributed by atoms with Crippen molar-refractivity contribution < 1.29 is 9.47 Å². The number of hydrogen-bond donors (Lipinski definition) is 0. The first kappa shape index (κ1) is 12.0. The average Bonchev–Trinajstić information content (AvgIpc) is 1.90. The van der Waals surface area contributed by atoms with Crippen molar-refractivity contribution in [3.63, 3.8) is 0 Å².